The van der Waals surface area contributed by atoms with Crippen LogP contribution in [0.5, 0.6) is 11.8 Å². The standard InChI is InChI=1S/C13H11FN2O5/c1-2-19-12(18)10-6-20-13(16-10)21-7-3-4-8(11(15)17)9(14)5-7/h3-6H,2H2,1H3,(H2,15,17). The van der Waals surface area contributed by atoms with Gasteiger partial charge in [-0.25, -0.2) is 9.18 Å². The first-order valence-corrected chi connectivity index (χ1v) is 5.91. The fourth-order valence-corrected chi connectivity index (χ4v) is 1.46. The SMILES string of the molecule is CCOC(=O)c1coc(Oc2ccc(C(N)=O)c(F)c2)n1. The van der Waals surface area contributed by atoms with Crippen molar-refractivity contribution in [3.8, 4) is 11.8 Å². The van der Waals surface area contributed by atoms with Gasteiger partial charge < -0.3 is 19.6 Å². The highest BCUT2D eigenvalue weighted by molar-refractivity contribution is 5.93. The maximum Gasteiger partial charge on any atom is 0.399 e. The van der Waals surface area contributed by atoms with E-state index in [2.05, 4.69) is 4.98 Å². The molecule has 0 saturated carbocycles. The monoisotopic (exact) mass is 294 g/mol. The van der Waals surface area contributed by atoms with Crippen molar-refractivity contribution in [2.24, 2.45) is 5.73 Å². The number of amides is 1. The first-order chi connectivity index (χ1) is 10.0. The molecule has 8 heteroatoms. The summed E-state index contributed by atoms with van der Waals surface area (Å²) in [5.41, 5.74) is 4.65. The van der Waals surface area contributed by atoms with Crippen LogP contribution in [-0.2, 0) is 4.74 Å². The van der Waals surface area contributed by atoms with Crippen LogP contribution in [0.25, 0.3) is 0 Å². The summed E-state index contributed by atoms with van der Waals surface area (Å²) in [4.78, 5) is 26.0. The highest BCUT2D eigenvalue weighted by Gasteiger charge is 2.15. The molecule has 0 bridgehead atoms. The topological polar surface area (TPSA) is 105 Å². The van der Waals surface area contributed by atoms with E-state index in [0.29, 0.717) is 0 Å². The maximum atomic E-state index is 13.5. The van der Waals surface area contributed by atoms with E-state index in [0.717, 1.165) is 12.3 Å². The summed E-state index contributed by atoms with van der Waals surface area (Å²) in [6.07, 6.45) is 0.797. The van der Waals surface area contributed by atoms with Gasteiger partial charge >= 0.3 is 12.0 Å². The van der Waals surface area contributed by atoms with Gasteiger partial charge in [0.1, 0.15) is 17.8 Å². The number of ether oxygens (including phenoxy) is 2. The second-order valence-corrected chi connectivity index (χ2v) is 3.83. The van der Waals surface area contributed by atoms with Crippen LogP contribution >= 0.6 is 0 Å². The number of halogens is 1. The molecule has 1 amide bonds. The Bertz CT molecular complexity index is 683. The van der Waals surface area contributed by atoms with Crippen LogP contribution < -0.4 is 10.5 Å². The Morgan fingerprint density at radius 1 is 1.43 bits per heavy atom. The number of nitrogens with zero attached hydrogens (tertiary/aromatic N) is 1. The van der Waals surface area contributed by atoms with E-state index in [4.69, 9.17) is 19.6 Å². The minimum absolute atomic E-state index is 0.0368. The average molecular weight is 294 g/mol. The van der Waals surface area contributed by atoms with Crippen molar-refractivity contribution < 1.29 is 27.9 Å². The Balaban J connectivity index is 2.14. The van der Waals surface area contributed by atoms with Gasteiger partial charge in [0.2, 0.25) is 0 Å². The molecule has 110 valence electrons. The van der Waals surface area contributed by atoms with Gasteiger partial charge in [-0.05, 0) is 19.1 Å². The number of hydrogen-bond donors (Lipinski definition) is 1. The third kappa shape index (κ3) is 3.35. The summed E-state index contributed by atoms with van der Waals surface area (Å²) < 4.78 is 28.3. The summed E-state index contributed by atoms with van der Waals surface area (Å²) in [6.45, 7) is 1.85. The molecule has 2 rings (SSSR count). The van der Waals surface area contributed by atoms with Crippen LogP contribution in [0.4, 0.5) is 4.39 Å². The number of oxazole rings is 1. The van der Waals surface area contributed by atoms with Gasteiger partial charge in [0, 0.05) is 6.07 Å². The zero-order chi connectivity index (χ0) is 15.4. The molecule has 0 spiro atoms. The number of primary amides is 1. The number of nitrogens with two attached hydrogens (primary N) is 1. The van der Waals surface area contributed by atoms with E-state index in [1.54, 1.807) is 6.92 Å². The normalized spacial score (nSPS) is 10.2. The van der Waals surface area contributed by atoms with Crippen molar-refractivity contribution in [1.29, 1.82) is 0 Å². The Labute approximate surface area is 118 Å². The molecule has 0 aliphatic heterocycles. The largest absolute Gasteiger partial charge is 0.461 e. The highest BCUT2D eigenvalue weighted by atomic mass is 19.1. The molecule has 21 heavy (non-hydrogen) atoms. The van der Waals surface area contributed by atoms with Crippen LogP contribution in [0, 0.1) is 5.82 Å². The lowest BCUT2D eigenvalue weighted by molar-refractivity contribution is 0.0519. The van der Waals surface area contributed by atoms with Crippen LogP contribution in [0.2, 0.25) is 0 Å². The van der Waals surface area contributed by atoms with Gasteiger partial charge in [-0.2, -0.15) is 4.98 Å². The van der Waals surface area contributed by atoms with Gasteiger partial charge in [0.15, 0.2) is 5.69 Å². The lowest BCUT2D eigenvalue weighted by Crippen LogP contribution is -2.12. The molecule has 0 fully saturated rings. The lowest BCUT2D eigenvalue weighted by atomic mass is 10.2. The maximum absolute atomic E-state index is 13.5. The number of rotatable bonds is 5. The molecule has 1 aromatic heterocycles. The van der Waals surface area contributed by atoms with Gasteiger partial charge in [-0.15, -0.1) is 0 Å². The molecule has 0 unspecified atom stereocenters. The number of aromatic nitrogens is 1. The van der Waals surface area contributed by atoms with Gasteiger partial charge in [-0.1, -0.05) is 0 Å². The third-order valence-corrected chi connectivity index (χ3v) is 2.38. The highest BCUT2D eigenvalue weighted by Crippen LogP contribution is 2.23. The van der Waals surface area contributed by atoms with Crippen LogP contribution in [0.15, 0.2) is 28.9 Å². The molecule has 1 heterocycles. The van der Waals surface area contributed by atoms with Crippen LogP contribution in [-0.4, -0.2) is 23.5 Å². The quantitative estimate of drug-likeness (QED) is 0.844. The molecular weight excluding hydrogens is 283 g/mol. The van der Waals surface area contributed by atoms with E-state index >= 15 is 0 Å². The van der Waals surface area contributed by atoms with E-state index in [1.807, 2.05) is 0 Å². The minimum atomic E-state index is -0.889. The Morgan fingerprint density at radius 2 is 2.19 bits per heavy atom. The molecular formula is C13H11FN2O5. The fourth-order valence-electron chi connectivity index (χ4n) is 1.46. The van der Waals surface area contributed by atoms with E-state index in [1.165, 1.54) is 12.1 Å². The summed E-state index contributed by atoms with van der Waals surface area (Å²) in [5, 5.41) is 0. The fraction of sp³-hybridized carbons (Fsp3) is 0.154. The van der Waals surface area contributed by atoms with Gasteiger partial charge in [0.25, 0.3) is 5.91 Å². The Hall–Kier alpha value is -2.90. The van der Waals surface area contributed by atoms with Gasteiger partial charge in [0.05, 0.1) is 12.2 Å². The Kier molecular flexibility index (Phi) is 4.17. The molecule has 2 aromatic rings. The number of hydrogen-bond acceptors (Lipinski definition) is 6. The average Bonchev–Trinajstić information content (AvgIpc) is 2.87. The minimum Gasteiger partial charge on any atom is -0.461 e. The van der Waals surface area contributed by atoms with Gasteiger partial charge in [-0.3, -0.25) is 4.79 Å². The zero-order valence-electron chi connectivity index (χ0n) is 11.0. The second-order valence-electron chi connectivity index (χ2n) is 3.83. The molecule has 0 saturated heterocycles. The number of esters is 1. The number of carbonyl (C=O) groups is 2. The summed E-state index contributed by atoms with van der Waals surface area (Å²) >= 11 is 0. The third-order valence-electron chi connectivity index (χ3n) is 2.38. The molecule has 0 aliphatic rings. The smallest absolute Gasteiger partial charge is 0.399 e. The molecule has 0 aliphatic carbocycles. The first kappa shape index (κ1) is 14.5. The van der Waals surface area contributed by atoms with Crippen molar-refractivity contribution >= 4 is 11.9 Å². The number of benzene rings is 1. The lowest BCUT2D eigenvalue weighted by Gasteiger charge is -2.02. The zero-order valence-corrected chi connectivity index (χ0v) is 11.0. The summed E-state index contributed by atoms with van der Waals surface area (Å²) in [7, 11) is 0. The molecule has 1 aromatic carbocycles. The van der Waals surface area contributed by atoms with Crippen molar-refractivity contribution in [2.45, 2.75) is 6.92 Å². The van der Waals surface area contributed by atoms with E-state index < -0.39 is 17.7 Å². The summed E-state index contributed by atoms with van der Waals surface area (Å²) in [6, 6.07) is 3.44. The first-order valence-electron chi connectivity index (χ1n) is 5.91. The second kappa shape index (κ2) is 6.04. The van der Waals surface area contributed by atoms with Crippen molar-refractivity contribution in [3.63, 3.8) is 0 Å². The predicted molar refractivity (Wildman–Crippen MR) is 67.5 cm³/mol. The Morgan fingerprint density at radius 3 is 2.81 bits per heavy atom. The predicted octanol–water partition coefficient (Wildman–Crippen LogP) is 1.88. The van der Waals surface area contributed by atoms with E-state index in [9.17, 15) is 14.0 Å². The van der Waals surface area contributed by atoms with E-state index in [-0.39, 0.29) is 29.7 Å². The number of carbonyl (C=O) groups excluding carboxylic acids is 2. The van der Waals surface area contributed by atoms with Crippen molar-refractivity contribution in [2.75, 3.05) is 6.61 Å². The van der Waals surface area contributed by atoms with Crippen molar-refractivity contribution in [3.05, 3.63) is 41.5 Å². The summed E-state index contributed by atoms with van der Waals surface area (Å²) in [5.74, 6) is -2.35. The van der Waals surface area contributed by atoms with Crippen LogP contribution in [0.3, 0.4) is 0 Å². The molecule has 7 nitrogen and oxygen atoms in total. The molecule has 0 atom stereocenters. The molecule has 2 N–H and O–H groups in total. The van der Waals surface area contributed by atoms with Crippen LogP contribution in [0.1, 0.15) is 27.8 Å². The van der Waals surface area contributed by atoms with Crippen molar-refractivity contribution in [1.82, 2.24) is 4.98 Å². The molecule has 0 radical (unpaired) electrons.